The molecular weight excluding hydrogens is 384 g/mol. The van der Waals surface area contributed by atoms with Crippen molar-refractivity contribution in [1.82, 2.24) is 5.32 Å². The van der Waals surface area contributed by atoms with Crippen molar-refractivity contribution in [3.05, 3.63) is 64.7 Å². The zero-order valence-electron chi connectivity index (χ0n) is 17.6. The number of anilines is 1. The number of sulfonamides is 1. The van der Waals surface area contributed by atoms with Crippen molar-refractivity contribution in [3.63, 3.8) is 0 Å². The predicted octanol–water partition coefficient (Wildman–Crippen LogP) is 3.91. The fourth-order valence-corrected chi connectivity index (χ4v) is 5.18. The third-order valence-corrected chi connectivity index (χ3v) is 6.82. The van der Waals surface area contributed by atoms with E-state index in [1.54, 1.807) is 25.1 Å². The van der Waals surface area contributed by atoms with Crippen LogP contribution in [0.1, 0.15) is 55.0 Å². The van der Waals surface area contributed by atoms with Gasteiger partial charge in [0.05, 0.1) is 18.0 Å². The lowest BCUT2D eigenvalue weighted by molar-refractivity contribution is -0.122. The summed E-state index contributed by atoms with van der Waals surface area (Å²) in [4.78, 5) is 12.9. The van der Waals surface area contributed by atoms with Crippen LogP contribution < -0.4 is 9.62 Å². The largest absolute Gasteiger partial charge is 0.348 e. The van der Waals surface area contributed by atoms with Crippen molar-refractivity contribution in [3.8, 4) is 0 Å². The summed E-state index contributed by atoms with van der Waals surface area (Å²) in [5.41, 5.74) is 5.24. The molecule has 2 aromatic rings. The fraction of sp³-hybridized carbons (Fsp3) is 0.435. The highest BCUT2D eigenvalue weighted by molar-refractivity contribution is 7.92. The minimum Gasteiger partial charge on any atom is -0.348 e. The summed E-state index contributed by atoms with van der Waals surface area (Å²) in [6, 6.07) is 12.5. The van der Waals surface area contributed by atoms with Crippen molar-refractivity contribution >= 4 is 21.6 Å². The number of benzene rings is 2. The number of fused-ring (bicyclic) bond motifs is 1. The molecule has 1 amide bonds. The van der Waals surface area contributed by atoms with E-state index >= 15 is 0 Å². The number of carbonyl (C=O) groups is 1. The molecule has 0 radical (unpaired) electrons. The maximum atomic E-state index is 12.9. The Kier molecular flexibility index (Phi) is 6.32. The van der Waals surface area contributed by atoms with Gasteiger partial charge in [0, 0.05) is 0 Å². The van der Waals surface area contributed by atoms with Crippen LogP contribution in [0.3, 0.4) is 0 Å². The van der Waals surface area contributed by atoms with Gasteiger partial charge in [-0.05, 0) is 80.8 Å². The highest BCUT2D eigenvalue weighted by Gasteiger charge is 2.30. The molecular formula is C23H30N2O3S. The maximum absolute atomic E-state index is 12.9. The molecule has 0 fully saturated rings. The Morgan fingerprint density at radius 2 is 1.72 bits per heavy atom. The summed E-state index contributed by atoms with van der Waals surface area (Å²) in [6.07, 6.45) is 5.76. The van der Waals surface area contributed by atoms with Crippen molar-refractivity contribution < 1.29 is 13.2 Å². The van der Waals surface area contributed by atoms with Crippen LogP contribution in [0.15, 0.2) is 42.5 Å². The molecule has 3 rings (SSSR count). The second-order valence-corrected chi connectivity index (χ2v) is 9.90. The molecule has 0 saturated carbocycles. The average molecular weight is 415 g/mol. The van der Waals surface area contributed by atoms with Crippen LogP contribution in [0.2, 0.25) is 0 Å². The lowest BCUT2D eigenvalue weighted by atomic mass is 9.89. The summed E-state index contributed by atoms with van der Waals surface area (Å²) >= 11 is 0. The molecule has 0 aliphatic heterocycles. The number of amides is 1. The van der Waals surface area contributed by atoms with Crippen molar-refractivity contribution in [2.45, 2.75) is 58.5 Å². The van der Waals surface area contributed by atoms with Crippen LogP contribution in [0.4, 0.5) is 5.69 Å². The first-order valence-electron chi connectivity index (χ1n) is 10.1. The van der Waals surface area contributed by atoms with Gasteiger partial charge in [0.1, 0.15) is 6.04 Å². The minimum absolute atomic E-state index is 0.198. The van der Waals surface area contributed by atoms with E-state index < -0.39 is 16.1 Å². The lowest BCUT2D eigenvalue weighted by Crippen LogP contribution is -2.48. The van der Waals surface area contributed by atoms with Crippen molar-refractivity contribution in [2.24, 2.45) is 0 Å². The topological polar surface area (TPSA) is 66.5 Å². The fourth-order valence-electron chi connectivity index (χ4n) is 4.01. The Hall–Kier alpha value is -2.34. The number of rotatable bonds is 6. The molecule has 0 saturated heterocycles. The SMILES string of the molecule is Cc1cccc(N([C@H](C)C(=O)N[C@H](C)c2ccc3c(c2)CCCC3)S(C)(=O)=O)c1. The van der Waals surface area contributed by atoms with Crippen molar-refractivity contribution in [2.75, 3.05) is 10.6 Å². The summed E-state index contributed by atoms with van der Waals surface area (Å²) in [6.45, 7) is 5.46. The van der Waals surface area contributed by atoms with E-state index in [-0.39, 0.29) is 11.9 Å². The summed E-state index contributed by atoms with van der Waals surface area (Å²) in [5.74, 6) is -0.317. The Balaban J connectivity index is 1.79. The Morgan fingerprint density at radius 3 is 2.38 bits per heavy atom. The maximum Gasteiger partial charge on any atom is 0.244 e. The molecule has 0 heterocycles. The molecule has 156 valence electrons. The van der Waals surface area contributed by atoms with E-state index in [4.69, 9.17) is 0 Å². The Labute approximate surface area is 174 Å². The lowest BCUT2D eigenvalue weighted by Gasteiger charge is -2.29. The first-order valence-corrected chi connectivity index (χ1v) is 12.0. The zero-order chi connectivity index (χ0) is 21.2. The molecule has 29 heavy (non-hydrogen) atoms. The smallest absolute Gasteiger partial charge is 0.244 e. The first kappa shape index (κ1) is 21.4. The molecule has 0 unspecified atom stereocenters. The molecule has 1 aliphatic rings. The van der Waals surface area contributed by atoms with E-state index in [1.807, 2.05) is 19.9 Å². The normalized spacial score (nSPS) is 15.9. The molecule has 2 aromatic carbocycles. The molecule has 6 heteroatoms. The van der Waals surface area contributed by atoms with Crippen LogP contribution in [0.25, 0.3) is 0 Å². The van der Waals surface area contributed by atoms with Gasteiger partial charge in [0.25, 0.3) is 0 Å². The van der Waals surface area contributed by atoms with E-state index in [2.05, 4.69) is 23.5 Å². The number of carbonyl (C=O) groups excluding carboxylic acids is 1. The van der Waals surface area contributed by atoms with Crippen LogP contribution in [0.5, 0.6) is 0 Å². The van der Waals surface area contributed by atoms with E-state index in [0.29, 0.717) is 5.69 Å². The number of hydrogen-bond donors (Lipinski definition) is 1. The standard InChI is InChI=1S/C23H30N2O3S/c1-16-8-7-11-22(14-16)25(29(4,27)28)18(3)23(26)24-17(2)20-13-12-19-9-5-6-10-21(19)15-20/h7-8,11-15,17-18H,5-6,9-10H2,1-4H3,(H,24,26)/t17-,18-/m1/s1. The minimum atomic E-state index is -3.62. The highest BCUT2D eigenvalue weighted by atomic mass is 32.2. The molecule has 1 N–H and O–H groups in total. The quantitative estimate of drug-likeness (QED) is 0.779. The number of nitrogens with zero attached hydrogens (tertiary/aromatic N) is 1. The zero-order valence-corrected chi connectivity index (χ0v) is 18.4. The van der Waals surface area contributed by atoms with Crippen LogP contribution >= 0.6 is 0 Å². The molecule has 0 spiro atoms. The third-order valence-electron chi connectivity index (χ3n) is 5.58. The molecule has 0 aromatic heterocycles. The summed E-state index contributed by atoms with van der Waals surface area (Å²) in [5, 5.41) is 2.99. The highest BCUT2D eigenvalue weighted by Crippen LogP contribution is 2.26. The van der Waals surface area contributed by atoms with Crippen LogP contribution in [0, 0.1) is 6.92 Å². The second kappa shape index (κ2) is 8.57. The van der Waals surface area contributed by atoms with Crippen LogP contribution in [-0.2, 0) is 27.7 Å². The van der Waals surface area contributed by atoms with Gasteiger partial charge >= 0.3 is 0 Å². The number of hydrogen-bond acceptors (Lipinski definition) is 3. The summed E-state index contributed by atoms with van der Waals surface area (Å²) in [7, 11) is -3.62. The van der Waals surface area contributed by atoms with E-state index in [0.717, 1.165) is 30.2 Å². The second-order valence-electron chi connectivity index (χ2n) is 8.04. The Morgan fingerprint density at radius 1 is 1.03 bits per heavy atom. The monoisotopic (exact) mass is 414 g/mol. The van der Waals surface area contributed by atoms with Gasteiger partial charge < -0.3 is 5.32 Å². The van der Waals surface area contributed by atoms with Crippen LogP contribution in [-0.4, -0.2) is 26.6 Å². The third kappa shape index (κ3) is 4.99. The molecule has 1 aliphatic carbocycles. The van der Waals surface area contributed by atoms with Gasteiger partial charge in [0.15, 0.2) is 0 Å². The predicted molar refractivity (Wildman–Crippen MR) is 118 cm³/mol. The summed E-state index contributed by atoms with van der Waals surface area (Å²) < 4.78 is 26.1. The van der Waals surface area contributed by atoms with Gasteiger partial charge in [-0.2, -0.15) is 0 Å². The molecule has 0 bridgehead atoms. The Bertz CT molecular complexity index is 1000. The van der Waals surface area contributed by atoms with E-state index in [1.165, 1.54) is 28.3 Å². The van der Waals surface area contributed by atoms with Gasteiger partial charge in [0.2, 0.25) is 15.9 Å². The van der Waals surface area contributed by atoms with Crippen molar-refractivity contribution in [1.29, 1.82) is 0 Å². The van der Waals surface area contributed by atoms with Gasteiger partial charge in [-0.15, -0.1) is 0 Å². The molecule has 2 atom stereocenters. The number of aryl methyl sites for hydroxylation is 3. The first-order chi connectivity index (χ1) is 13.7. The average Bonchev–Trinajstić information content (AvgIpc) is 2.66. The van der Waals surface area contributed by atoms with E-state index in [9.17, 15) is 13.2 Å². The van der Waals surface area contributed by atoms with Gasteiger partial charge in [-0.3, -0.25) is 9.10 Å². The van der Waals surface area contributed by atoms with Gasteiger partial charge in [-0.25, -0.2) is 8.42 Å². The van der Waals surface area contributed by atoms with Gasteiger partial charge in [-0.1, -0.05) is 30.3 Å². The molecule has 5 nitrogen and oxygen atoms in total. The number of nitrogens with one attached hydrogen (secondary N) is 1.